The van der Waals surface area contributed by atoms with Crippen LogP contribution in [-0.4, -0.2) is 10.0 Å². The molecular formula is C19H13Cl2N3O3S. The first-order chi connectivity index (χ1) is 13.4. The molecule has 142 valence electrons. The Labute approximate surface area is 176 Å². The molecule has 3 aromatic carbocycles. The van der Waals surface area contributed by atoms with E-state index in [1.165, 1.54) is 12.1 Å². The summed E-state index contributed by atoms with van der Waals surface area (Å²) in [5.74, 6) is 0.783. The van der Waals surface area contributed by atoms with Gasteiger partial charge < -0.3 is 15.4 Å². The molecule has 9 heteroatoms. The average molecular weight is 434 g/mol. The van der Waals surface area contributed by atoms with Crippen LogP contribution in [0.5, 0.6) is 11.5 Å². The van der Waals surface area contributed by atoms with E-state index in [0.717, 1.165) is 5.69 Å². The van der Waals surface area contributed by atoms with Gasteiger partial charge in [-0.2, -0.15) is 0 Å². The second-order valence-corrected chi connectivity index (χ2v) is 6.90. The van der Waals surface area contributed by atoms with Crippen molar-refractivity contribution in [1.29, 1.82) is 0 Å². The number of rotatable bonds is 5. The van der Waals surface area contributed by atoms with E-state index in [2.05, 4.69) is 10.6 Å². The number of anilines is 2. The molecule has 3 aromatic rings. The molecule has 0 amide bonds. The molecule has 3 rings (SSSR count). The molecule has 0 saturated carbocycles. The second-order valence-electron chi connectivity index (χ2n) is 5.61. The highest BCUT2D eigenvalue weighted by Gasteiger charge is 2.12. The minimum Gasteiger partial charge on any atom is -0.457 e. The maximum atomic E-state index is 11.3. The van der Waals surface area contributed by atoms with E-state index in [9.17, 15) is 10.1 Å². The topological polar surface area (TPSA) is 76.4 Å². The maximum absolute atomic E-state index is 11.3. The van der Waals surface area contributed by atoms with E-state index < -0.39 is 4.92 Å². The van der Waals surface area contributed by atoms with Gasteiger partial charge in [0.25, 0.3) is 5.69 Å². The van der Waals surface area contributed by atoms with Crippen LogP contribution in [0.2, 0.25) is 10.0 Å². The van der Waals surface area contributed by atoms with Crippen molar-refractivity contribution in [2.45, 2.75) is 0 Å². The predicted octanol–water partition coefficient (Wildman–Crippen LogP) is 6.50. The minimum atomic E-state index is -0.504. The molecule has 0 aliphatic carbocycles. The predicted molar refractivity (Wildman–Crippen MR) is 116 cm³/mol. The van der Waals surface area contributed by atoms with Gasteiger partial charge in [0, 0.05) is 27.9 Å². The quantitative estimate of drug-likeness (QED) is 0.271. The summed E-state index contributed by atoms with van der Waals surface area (Å²) in [6.07, 6.45) is 0. The summed E-state index contributed by atoms with van der Waals surface area (Å²) in [5, 5.41) is 18.6. The Balaban J connectivity index is 1.78. The molecule has 0 radical (unpaired) electrons. The van der Waals surface area contributed by atoms with Crippen molar-refractivity contribution < 1.29 is 9.66 Å². The lowest BCUT2D eigenvalue weighted by Gasteiger charge is -2.12. The highest BCUT2D eigenvalue weighted by atomic mass is 35.5. The zero-order valence-corrected chi connectivity index (χ0v) is 16.5. The minimum absolute atomic E-state index is 0.136. The Kier molecular flexibility index (Phi) is 6.30. The lowest BCUT2D eigenvalue weighted by atomic mass is 10.2. The van der Waals surface area contributed by atoms with Gasteiger partial charge in [0.2, 0.25) is 0 Å². The smallest absolute Gasteiger partial charge is 0.275 e. The Morgan fingerprint density at radius 2 is 1.43 bits per heavy atom. The molecular weight excluding hydrogens is 421 g/mol. The number of hydrogen-bond acceptors (Lipinski definition) is 4. The fourth-order valence-corrected chi connectivity index (χ4v) is 2.77. The molecule has 0 aromatic heterocycles. The van der Waals surface area contributed by atoms with Crippen molar-refractivity contribution in [2.75, 3.05) is 10.6 Å². The van der Waals surface area contributed by atoms with Gasteiger partial charge in [-0.05, 0) is 60.7 Å². The molecule has 0 fully saturated rings. The number of hydrogen-bond donors (Lipinski definition) is 2. The summed E-state index contributed by atoms with van der Waals surface area (Å²) < 4.78 is 5.70. The van der Waals surface area contributed by atoms with Gasteiger partial charge >= 0.3 is 0 Å². The Morgan fingerprint density at radius 3 is 2.04 bits per heavy atom. The van der Waals surface area contributed by atoms with Gasteiger partial charge in [0.15, 0.2) is 5.11 Å². The zero-order chi connectivity index (χ0) is 20.1. The third kappa shape index (κ3) is 5.56. The standard InChI is InChI=1S/C19H13Cl2N3O3S/c20-12-1-5-14(6-2-12)22-19(28)23-15-9-16(24(25)26)11-18(10-15)27-17-7-3-13(21)4-8-17/h1-11H,(H2,22,23,28). The van der Waals surface area contributed by atoms with Crippen molar-refractivity contribution >= 4 is 57.6 Å². The highest BCUT2D eigenvalue weighted by Crippen LogP contribution is 2.30. The Morgan fingerprint density at radius 1 is 0.857 bits per heavy atom. The number of halogens is 2. The average Bonchev–Trinajstić information content (AvgIpc) is 2.65. The van der Waals surface area contributed by atoms with Crippen LogP contribution in [0.3, 0.4) is 0 Å². The number of nitrogens with one attached hydrogen (secondary N) is 2. The number of non-ortho nitro benzene ring substituents is 1. The van der Waals surface area contributed by atoms with Crippen LogP contribution in [-0.2, 0) is 0 Å². The van der Waals surface area contributed by atoms with Crippen molar-refractivity contribution in [3.8, 4) is 11.5 Å². The molecule has 0 heterocycles. The first kappa shape index (κ1) is 19.9. The van der Waals surface area contributed by atoms with Crippen LogP contribution in [0.4, 0.5) is 17.1 Å². The zero-order valence-electron chi connectivity index (χ0n) is 14.2. The number of nitro benzene ring substituents is 1. The Bertz CT molecular complexity index is 1010. The lowest BCUT2D eigenvalue weighted by molar-refractivity contribution is -0.384. The van der Waals surface area contributed by atoms with Crippen molar-refractivity contribution in [1.82, 2.24) is 0 Å². The summed E-state index contributed by atoms with van der Waals surface area (Å²) in [4.78, 5) is 10.8. The van der Waals surface area contributed by atoms with Crippen molar-refractivity contribution in [2.24, 2.45) is 0 Å². The van der Waals surface area contributed by atoms with Crippen LogP contribution in [0.15, 0.2) is 66.7 Å². The molecule has 2 N–H and O–H groups in total. The first-order valence-corrected chi connectivity index (χ1v) is 9.12. The molecule has 0 aliphatic rings. The SMILES string of the molecule is O=[N+]([O-])c1cc(NC(=S)Nc2ccc(Cl)cc2)cc(Oc2ccc(Cl)cc2)c1. The van der Waals surface area contributed by atoms with Gasteiger partial charge in [-0.1, -0.05) is 23.2 Å². The summed E-state index contributed by atoms with van der Waals surface area (Å²) in [5.41, 5.74) is 0.998. The van der Waals surface area contributed by atoms with E-state index >= 15 is 0 Å². The van der Waals surface area contributed by atoms with Crippen LogP contribution >= 0.6 is 35.4 Å². The van der Waals surface area contributed by atoms with Crippen LogP contribution in [0.25, 0.3) is 0 Å². The van der Waals surface area contributed by atoms with Crippen LogP contribution < -0.4 is 15.4 Å². The van der Waals surface area contributed by atoms with E-state index in [0.29, 0.717) is 21.5 Å². The number of nitrogens with zero attached hydrogens (tertiary/aromatic N) is 1. The fraction of sp³-hybridized carbons (Fsp3) is 0. The maximum Gasteiger partial charge on any atom is 0.275 e. The molecule has 0 atom stereocenters. The van der Waals surface area contributed by atoms with Gasteiger partial charge in [-0.15, -0.1) is 0 Å². The second kappa shape index (κ2) is 8.88. The number of benzene rings is 3. The third-order valence-corrected chi connectivity index (χ3v) is 4.22. The Hall–Kier alpha value is -2.87. The molecule has 28 heavy (non-hydrogen) atoms. The molecule has 0 saturated heterocycles. The fourth-order valence-electron chi connectivity index (χ4n) is 2.29. The molecule has 0 aliphatic heterocycles. The largest absolute Gasteiger partial charge is 0.457 e. The monoisotopic (exact) mass is 433 g/mol. The molecule has 0 bridgehead atoms. The number of ether oxygens (including phenoxy) is 1. The molecule has 6 nitrogen and oxygen atoms in total. The summed E-state index contributed by atoms with van der Waals surface area (Å²) >= 11 is 17.0. The molecule has 0 spiro atoms. The van der Waals surface area contributed by atoms with Gasteiger partial charge in [0.05, 0.1) is 16.7 Å². The summed E-state index contributed by atoms with van der Waals surface area (Å²) in [6.45, 7) is 0. The number of thiocarbonyl (C=S) groups is 1. The van der Waals surface area contributed by atoms with Gasteiger partial charge in [-0.3, -0.25) is 10.1 Å². The summed E-state index contributed by atoms with van der Waals surface area (Å²) in [6, 6.07) is 17.9. The van der Waals surface area contributed by atoms with Crippen molar-refractivity contribution in [3.63, 3.8) is 0 Å². The van der Waals surface area contributed by atoms with Crippen molar-refractivity contribution in [3.05, 3.63) is 86.9 Å². The van der Waals surface area contributed by atoms with Crippen LogP contribution in [0, 0.1) is 10.1 Å². The normalized spacial score (nSPS) is 10.2. The van der Waals surface area contributed by atoms with E-state index in [1.807, 2.05) is 0 Å². The highest BCUT2D eigenvalue weighted by molar-refractivity contribution is 7.80. The lowest BCUT2D eigenvalue weighted by Crippen LogP contribution is -2.19. The van der Waals surface area contributed by atoms with E-state index in [1.54, 1.807) is 54.6 Å². The number of nitro groups is 1. The first-order valence-electron chi connectivity index (χ1n) is 7.95. The van der Waals surface area contributed by atoms with Gasteiger partial charge in [0.1, 0.15) is 11.5 Å². The van der Waals surface area contributed by atoms with Crippen LogP contribution in [0.1, 0.15) is 0 Å². The van der Waals surface area contributed by atoms with Gasteiger partial charge in [-0.25, -0.2) is 0 Å². The van der Waals surface area contributed by atoms with E-state index in [4.69, 9.17) is 40.2 Å². The molecule has 0 unspecified atom stereocenters. The van der Waals surface area contributed by atoms with E-state index in [-0.39, 0.29) is 16.5 Å². The summed E-state index contributed by atoms with van der Waals surface area (Å²) in [7, 11) is 0. The third-order valence-electron chi connectivity index (χ3n) is 3.51.